The molecule has 3 heteroatoms. The van der Waals surface area contributed by atoms with Crippen LogP contribution in [0.4, 0.5) is 0 Å². The van der Waals surface area contributed by atoms with E-state index in [4.69, 9.17) is 10.5 Å². The fourth-order valence-electron chi connectivity index (χ4n) is 1.18. The van der Waals surface area contributed by atoms with Crippen molar-refractivity contribution in [1.29, 1.82) is 10.5 Å². The molecule has 0 atom stereocenters. The zero-order valence-electron chi connectivity index (χ0n) is 8.50. The molecule has 2 nitrogen and oxygen atoms in total. The van der Waals surface area contributed by atoms with Crippen molar-refractivity contribution in [2.45, 2.75) is 13.8 Å². The lowest BCUT2D eigenvalue weighted by molar-refractivity contribution is 1.31. The van der Waals surface area contributed by atoms with Crippen molar-refractivity contribution in [2.75, 3.05) is 0 Å². The predicted molar refractivity (Wildman–Crippen MR) is 62.8 cm³/mol. The van der Waals surface area contributed by atoms with Gasteiger partial charge in [-0.15, -0.1) is 0 Å². The van der Waals surface area contributed by atoms with Gasteiger partial charge in [-0.05, 0) is 42.7 Å². The molecule has 1 aromatic rings. The lowest BCUT2D eigenvalue weighted by Gasteiger charge is -2.04. The van der Waals surface area contributed by atoms with Gasteiger partial charge in [0.05, 0.1) is 0 Å². The van der Waals surface area contributed by atoms with Gasteiger partial charge in [0.25, 0.3) is 0 Å². The Bertz CT molecular complexity index is 462. The number of allylic oxidation sites excluding steroid dienone is 1. The molecular formula is C12H9BrN2. The number of hydrogen-bond acceptors (Lipinski definition) is 2. The third kappa shape index (κ3) is 2.68. The maximum Gasteiger partial charge on any atom is 0.130 e. The highest BCUT2D eigenvalue weighted by Crippen LogP contribution is 2.22. The topological polar surface area (TPSA) is 47.6 Å². The van der Waals surface area contributed by atoms with E-state index in [0.29, 0.717) is 0 Å². The van der Waals surface area contributed by atoms with E-state index in [1.165, 1.54) is 5.56 Å². The molecule has 0 aliphatic carbocycles. The van der Waals surface area contributed by atoms with Crippen molar-refractivity contribution in [3.63, 3.8) is 0 Å². The molecule has 0 saturated carbocycles. The van der Waals surface area contributed by atoms with Crippen LogP contribution in [0.25, 0.3) is 6.08 Å². The number of nitrogens with zero attached hydrogens (tertiary/aromatic N) is 2. The average molecular weight is 261 g/mol. The van der Waals surface area contributed by atoms with E-state index in [1.54, 1.807) is 6.08 Å². The summed E-state index contributed by atoms with van der Waals surface area (Å²) in [6, 6.07) is 7.53. The average Bonchev–Trinajstić information content (AvgIpc) is 2.22. The monoisotopic (exact) mass is 260 g/mol. The van der Waals surface area contributed by atoms with Gasteiger partial charge in [0.15, 0.2) is 0 Å². The summed E-state index contributed by atoms with van der Waals surface area (Å²) in [6.07, 6.45) is 1.58. The van der Waals surface area contributed by atoms with Gasteiger partial charge in [-0.1, -0.05) is 22.0 Å². The molecule has 0 bridgehead atoms. The standard InChI is InChI=1S/C12H9BrN2/c1-8-3-10(4-11(6-14)7-15)5-12(13)9(8)2/h3-5H,1-2H3. The van der Waals surface area contributed by atoms with Crippen LogP contribution < -0.4 is 0 Å². The van der Waals surface area contributed by atoms with E-state index < -0.39 is 0 Å². The van der Waals surface area contributed by atoms with E-state index in [-0.39, 0.29) is 5.57 Å². The number of hydrogen-bond donors (Lipinski definition) is 0. The highest BCUT2D eigenvalue weighted by atomic mass is 79.9. The summed E-state index contributed by atoms with van der Waals surface area (Å²) in [5.74, 6) is 0. The highest BCUT2D eigenvalue weighted by Gasteiger charge is 2.01. The Morgan fingerprint density at radius 3 is 2.33 bits per heavy atom. The van der Waals surface area contributed by atoms with Crippen LogP contribution >= 0.6 is 15.9 Å². The lowest BCUT2D eigenvalue weighted by atomic mass is 10.0. The van der Waals surface area contributed by atoms with Gasteiger partial charge >= 0.3 is 0 Å². The maximum atomic E-state index is 8.63. The Kier molecular flexibility index (Phi) is 3.66. The minimum atomic E-state index is 0.116. The second-order valence-corrected chi connectivity index (χ2v) is 4.08. The van der Waals surface area contributed by atoms with Crippen LogP contribution in [0.2, 0.25) is 0 Å². The summed E-state index contributed by atoms with van der Waals surface area (Å²) in [5, 5.41) is 17.3. The Morgan fingerprint density at radius 2 is 1.87 bits per heavy atom. The molecular weight excluding hydrogens is 252 g/mol. The van der Waals surface area contributed by atoms with E-state index in [1.807, 2.05) is 38.1 Å². The largest absolute Gasteiger partial charge is 0.192 e. The van der Waals surface area contributed by atoms with Gasteiger partial charge in [-0.3, -0.25) is 0 Å². The number of halogens is 1. The van der Waals surface area contributed by atoms with E-state index in [9.17, 15) is 0 Å². The first-order valence-corrected chi connectivity index (χ1v) is 5.16. The summed E-state index contributed by atoms with van der Waals surface area (Å²) in [6.45, 7) is 4.01. The second-order valence-electron chi connectivity index (χ2n) is 3.23. The molecule has 0 radical (unpaired) electrons. The highest BCUT2D eigenvalue weighted by molar-refractivity contribution is 9.10. The van der Waals surface area contributed by atoms with Crippen molar-refractivity contribution >= 4 is 22.0 Å². The number of benzene rings is 1. The summed E-state index contributed by atoms with van der Waals surface area (Å²) in [7, 11) is 0. The molecule has 0 aliphatic heterocycles. The van der Waals surface area contributed by atoms with Gasteiger partial charge in [-0.25, -0.2) is 0 Å². The van der Waals surface area contributed by atoms with E-state index >= 15 is 0 Å². The van der Waals surface area contributed by atoms with Crippen LogP contribution in [-0.4, -0.2) is 0 Å². The van der Waals surface area contributed by atoms with E-state index in [0.717, 1.165) is 15.6 Å². The van der Waals surface area contributed by atoms with Gasteiger partial charge in [0, 0.05) is 4.47 Å². The third-order valence-corrected chi connectivity index (χ3v) is 3.00. The first-order chi connectivity index (χ1) is 7.08. The minimum Gasteiger partial charge on any atom is -0.192 e. The molecule has 74 valence electrons. The molecule has 0 N–H and O–H groups in total. The SMILES string of the molecule is Cc1cc(C=C(C#N)C#N)cc(Br)c1C. The molecule has 1 aromatic carbocycles. The van der Waals surface area contributed by atoms with Crippen LogP contribution in [0.3, 0.4) is 0 Å². The molecule has 0 spiro atoms. The van der Waals surface area contributed by atoms with Gasteiger partial charge in [0.1, 0.15) is 17.7 Å². The molecule has 0 saturated heterocycles. The van der Waals surface area contributed by atoms with Crippen LogP contribution in [0, 0.1) is 36.5 Å². The number of nitriles is 2. The van der Waals surface area contributed by atoms with Gasteiger partial charge in [-0.2, -0.15) is 10.5 Å². The first kappa shape index (κ1) is 11.5. The first-order valence-electron chi connectivity index (χ1n) is 4.37. The fourth-order valence-corrected chi connectivity index (χ4v) is 1.76. The third-order valence-electron chi connectivity index (χ3n) is 2.18. The van der Waals surface area contributed by atoms with Crippen molar-refractivity contribution in [2.24, 2.45) is 0 Å². The molecule has 0 amide bonds. The molecule has 0 aliphatic rings. The zero-order valence-corrected chi connectivity index (χ0v) is 10.1. The Labute approximate surface area is 97.6 Å². The van der Waals surface area contributed by atoms with Gasteiger partial charge in [0.2, 0.25) is 0 Å². The van der Waals surface area contributed by atoms with Crippen LogP contribution in [-0.2, 0) is 0 Å². The molecule has 15 heavy (non-hydrogen) atoms. The fraction of sp³-hybridized carbons (Fsp3) is 0.167. The van der Waals surface area contributed by atoms with Crippen molar-refractivity contribution in [3.05, 3.63) is 38.9 Å². The van der Waals surface area contributed by atoms with Crippen molar-refractivity contribution in [3.8, 4) is 12.1 Å². The van der Waals surface area contributed by atoms with Crippen LogP contribution in [0.1, 0.15) is 16.7 Å². The van der Waals surface area contributed by atoms with Crippen molar-refractivity contribution in [1.82, 2.24) is 0 Å². The molecule has 0 unspecified atom stereocenters. The summed E-state index contributed by atoms with van der Waals surface area (Å²) in [5.41, 5.74) is 3.28. The smallest absolute Gasteiger partial charge is 0.130 e. The lowest BCUT2D eigenvalue weighted by Crippen LogP contribution is -1.85. The normalized spacial score (nSPS) is 8.87. The number of rotatable bonds is 1. The zero-order chi connectivity index (χ0) is 11.4. The molecule has 0 fully saturated rings. The summed E-state index contributed by atoms with van der Waals surface area (Å²) >= 11 is 3.44. The molecule has 0 heterocycles. The maximum absolute atomic E-state index is 8.63. The Hall–Kier alpha value is -1.58. The molecule has 1 rings (SSSR count). The van der Waals surface area contributed by atoms with Gasteiger partial charge < -0.3 is 0 Å². The minimum absolute atomic E-state index is 0.116. The molecule has 0 aromatic heterocycles. The quantitative estimate of drug-likeness (QED) is 0.726. The summed E-state index contributed by atoms with van der Waals surface area (Å²) in [4.78, 5) is 0. The van der Waals surface area contributed by atoms with E-state index in [2.05, 4.69) is 15.9 Å². The number of aryl methyl sites for hydroxylation is 1. The van der Waals surface area contributed by atoms with Crippen LogP contribution in [0.15, 0.2) is 22.2 Å². The van der Waals surface area contributed by atoms with Crippen molar-refractivity contribution < 1.29 is 0 Å². The van der Waals surface area contributed by atoms with Crippen LogP contribution in [0.5, 0.6) is 0 Å². The summed E-state index contributed by atoms with van der Waals surface area (Å²) < 4.78 is 0.990. The predicted octanol–water partition coefficient (Wildman–Crippen LogP) is 3.50. The second kappa shape index (κ2) is 4.77. The Morgan fingerprint density at radius 1 is 1.27 bits per heavy atom. The Balaban J connectivity index is 3.26.